The number of pyridine rings is 1. The van der Waals surface area contributed by atoms with E-state index < -0.39 is 23.4 Å². The topological polar surface area (TPSA) is 68.3 Å². The molecule has 0 radical (unpaired) electrons. The van der Waals surface area contributed by atoms with Gasteiger partial charge in [0.2, 0.25) is 0 Å². The molecule has 2 heterocycles. The number of aryl methyl sites for hydroxylation is 2. The fraction of sp³-hybridized carbons (Fsp3) is 0.250. The molecule has 3 aromatic rings. The van der Waals surface area contributed by atoms with Gasteiger partial charge in [-0.15, -0.1) is 0 Å². The van der Waals surface area contributed by atoms with Crippen LogP contribution in [0.4, 0.5) is 30.4 Å². The maximum atomic E-state index is 14.2. The van der Waals surface area contributed by atoms with Crippen LogP contribution < -0.4 is 44.9 Å². The van der Waals surface area contributed by atoms with Crippen molar-refractivity contribution in [3.63, 3.8) is 0 Å². The summed E-state index contributed by atoms with van der Waals surface area (Å²) in [5.41, 5.74) is 3.12. The van der Waals surface area contributed by atoms with E-state index in [0.29, 0.717) is 41.5 Å². The zero-order valence-electron chi connectivity index (χ0n) is 18.2. The SMILES string of the molecule is O=C([O-])CCc1ccc(NCc2ccc3c(n2)N(c2ccc(F)c(F)c2)CCC3)cc1F.[Na+]. The van der Waals surface area contributed by atoms with Crippen molar-refractivity contribution in [1.82, 2.24) is 4.98 Å². The van der Waals surface area contributed by atoms with E-state index in [4.69, 9.17) is 4.98 Å². The summed E-state index contributed by atoms with van der Waals surface area (Å²) < 4.78 is 41.3. The first-order valence-electron chi connectivity index (χ1n) is 10.3. The van der Waals surface area contributed by atoms with Gasteiger partial charge in [-0.3, -0.25) is 0 Å². The van der Waals surface area contributed by atoms with Crippen LogP contribution in [0.1, 0.15) is 29.7 Å². The van der Waals surface area contributed by atoms with E-state index in [0.717, 1.165) is 24.5 Å². The Morgan fingerprint density at radius 2 is 1.85 bits per heavy atom. The van der Waals surface area contributed by atoms with Crippen molar-refractivity contribution in [2.45, 2.75) is 32.2 Å². The Morgan fingerprint density at radius 3 is 2.58 bits per heavy atom. The Morgan fingerprint density at radius 1 is 1.03 bits per heavy atom. The first-order valence-corrected chi connectivity index (χ1v) is 10.3. The second-order valence-corrected chi connectivity index (χ2v) is 7.67. The Balaban J connectivity index is 0.00000306. The monoisotopic (exact) mass is 463 g/mol. The number of carboxylic acid groups (broad SMARTS) is 1. The van der Waals surface area contributed by atoms with E-state index in [2.05, 4.69) is 5.32 Å². The molecule has 2 aromatic carbocycles. The Bertz CT molecular complexity index is 1160. The molecule has 0 saturated heterocycles. The predicted molar refractivity (Wildman–Crippen MR) is 113 cm³/mol. The van der Waals surface area contributed by atoms with E-state index in [9.17, 15) is 23.1 Å². The van der Waals surface area contributed by atoms with E-state index in [-0.39, 0.29) is 42.4 Å². The van der Waals surface area contributed by atoms with Gasteiger partial charge >= 0.3 is 29.6 Å². The smallest absolute Gasteiger partial charge is 0.550 e. The minimum absolute atomic E-state index is 0. The van der Waals surface area contributed by atoms with Gasteiger partial charge < -0.3 is 20.1 Å². The number of hydrogen-bond acceptors (Lipinski definition) is 5. The van der Waals surface area contributed by atoms with Crippen LogP contribution in [0.3, 0.4) is 0 Å². The molecular formula is C24H21F3N3NaO2. The molecule has 0 unspecified atom stereocenters. The number of fused-ring (bicyclic) bond motifs is 1. The second kappa shape index (κ2) is 11.0. The van der Waals surface area contributed by atoms with Crippen LogP contribution in [0.15, 0.2) is 48.5 Å². The number of halogens is 3. The van der Waals surface area contributed by atoms with E-state index in [1.807, 2.05) is 17.0 Å². The molecule has 166 valence electrons. The zero-order chi connectivity index (χ0) is 22.7. The van der Waals surface area contributed by atoms with Crippen LogP contribution in [0.25, 0.3) is 0 Å². The average molecular weight is 463 g/mol. The third kappa shape index (κ3) is 6.07. The van der Waals surface area contributed by atoms with Crippen LogP contribution in [0.2, 0.25) is 0 Å². The number of aliphatic carboxylic acids is 1. The molecule has 0 saturated carbocycles. The van der Waals surface area contributed by atoms with Crippen LogP contribution in [-0.2, 0) is 24.2 Å². The molecule has 1 N–H and O–H groups in total. The molecule has 1 aromatic heterocycles. The summed E-state index contributed by atoms with van der Waals surface area (Å²) in [5.74, 6) is -2.81. The molecule has 1 aliphatic rings. The molecule has 5 nitrogen and oxygen atoms in total. The summed E-state index contributed by atoms with van der Waals surface area (Å²) in [5, 5.41) is 13.7. The Labute approximate surface area is 211 Å². The van der Waals surface area contributed by atoms with Crippen LogP contribution in [0, 0.1) is 17.5 Å². The minimum Gasteiger partial charge on any atom is -0.550 e. The number of anilines is 3. The van der Waals surface area contributed by atoms with Crippen molar-refractivity contribution < 1.29 is 52.6 Å². The second-order valence-electron chi connectivity index (χ2n) is 7.67. The number of nitrogens with zero attached hydrogens (tertiary/aromatic N) is 2. The average Bonchev–Trinajstić information content (AvgIpc) is 2.78. The van der Waals surface area contributed by atoms with Gasteiger partial charge in [-0.05, 0) is 67.1 Å². The number of carbonyl (C=O) groups is 1. The molecule has 0 amide bonds. The number of rotatable bonds is 7. The van der Waals surface area contributed by atoms with Gasteiger partial charge in [0.15, 0.2) is 11.6 Å². The van der Waals surface area contributed by atoms with Crippen molar-refractivity contribution >= 4 is 23.2 Å². The normalized spacial score (nSPS) is 12.6. The van der Waals surface area contributed by atoms with Crippen molar-refractivity contribution in [2.24, 2.45) is 0 Å². The molecule has 0 spiro atoms. The number of carbonyl (C=O) groups excluding carboxylic acids is 1. The fourth-order valence-corrected chi connectivity index (χ4v) is 3.77. The number of carboxylic acids is 1. The molecule has 4 rings (SSSR count). The molecule has 0 fully saturated rings. The van der Waals surface area contributed by atoms with Crippen LogP contribution >= 0.6 is 0 Å². The molecule has 33 heavy (non-hydrogen) atoms. The van der Waals surface area contributed by atoms with Crippen molar-refractivity contribution in [3.05, 3.63) is 82.8 Å². The molecule has 0 aliphatic carbocycles. The van der Waals surface area contributed by atoms with Crippen molar-refractivity contribution in [1.29, 1.82) is 0 Å². The van der Waals surface area contributed by atoms with Crippen LogP contribution in [-0.4, -0.2) is 17.5 Å². The van der Waals surface area contributed by atoms with Gasteiger partial charge in [0.1, 0.15) is 11.6 Å². The zero-order valence-corrected chi connectivity index (χ0v) is 20.2. The first-order chi connectivity index (χ1) is 15.4. The summed E-state index contributed by atoms with van der Waals surface area (Å²) in [6, 6.07) is 12.2. The summed E-state index contributed by atoms with van der Waals surface area (Å²) in [6.45, 7) is 0.969. The molecule has 1 aliphatic heterocycles. The molecule has 0 bridgehead atoms. The van der Waals surface area contributed by atoms with E-state index in [1.54, 1.807) is 12.1 Å². The van der Waals surface area contributed by atoms with Gasteiger partial charge in [0, 0.05) is 30.0 Å². The predicted octanol–water partition coefficient (Wildman–Crippen LogP) is 0.882. The molecular weight excluding hydrogens is 442 g/mol. The van der Waals surface area contributed by atoms with Crippen molar-refractivity contribution in [2.75, 3.05) is 16.8 Å². The summed E-state index contributed by atoms with van der Waals surface area (Å²) in [7, 11) is 0. The van der Waals surface area contributed by atoms with E-state index >= 15 is 0 Å². The Hall–Kier alpha value is -2.55. The number of hydrogen-bond donors (Lipinski definition) is 1. The Kier molecular flexibility index (Phi) is 8.40. The van der Waals surface area contributed by atoms with Gasteiger partial charge in [0.25, 0.3) is 0 Å². The van der Waals surface area contributed by atoms with E-state index in [1.165, 1.54) is 18.2 Å². The third-order valence-corrected chi connectivity index (χ3v) is 5.44. The van der Waals surface area contributed by atoms with Gasteiger partial charge in [0.05, 0.1) is 12.2 Å². The van der Waals surface area contributed by atoms with Gasteiger partial charge in [-0.25, -0.2) is 18.2 Å². The number of aromatic nitrogens is 1. The maximum absolute atomic E-state index is 14.2. The van der Waals surface area contributed by atoms with Gasteiger partial charge in [-0.2, -0.15) is 0 Å². The largest absolute Gasteiger partial charge is 1.00 e. The minimum atomic E-state index is -1.22. The standard InChI is InChI=1S/C24H22F3N3O2.Na/c25-20-9-8-19(13-22(20)27)30-11-1-2-16-4-7-18(29-24(16)30)14-28-17-6-3-15(21(26)12-17)5-10-23(31)32;/h3-4,6-9,12-13,28H,1-2,5,10-11,14H2,(H,31,32);/q;+1/p-1. The van der Waals surface area contributed by atoms with Crippen LogP contribution in [0.5, 0.6) is 0 Å². The summed E-state index contributed by atoms with van der Waals surface area (Å²) >= 11 is 0. The quantitative estimate of drug-likeness (QED) is 0.527. The number of nitrogens with one attached hydrogen (secondary N) is 1. The number of benzene rings is 2. The maximum Gasteiger partial charge on any atom is 1.00 e. The molecule has 0 atom stereocenters. The van der Waals surface area contributed by atoms with Crippen molar-refractivity contribution in [3.8, 4) is 0 Å². The van der Waals surface area contributed by atoms with Gasteiger partial charge in [-0.1, -0.05) is 12.1 Å². The molecule has 9 heteroatoms. The summed E-state index contributed by atoms with van der Waals surface area (Å²) in [4.78, 5) is 17.1. The first kappa shape index (κ1) is 25.1. The fourth-order valence-electron chi connectivity index (χ4n) is 3.77. The third-order valence-electron chi connectivity index (χ3n) is 5.44. The summed E-state index contributed by atoms with van der Waals surface area (Å²) in [6.07, 6.45) is 1.54.